The van der Waals surface area contributed by atoms with Gasteiger partial charge in [0, 0.05) is 17.9 Å². The molecule has 0 saturated heterocycles. The summed E-state index contributed by atoms with van der Waals surface area (Å²) in [6, 6.07) is 5.80. The summed E-state index contributed by atoms with van der Waals surface area (Å²) < 4.78 is 5.42. The van der Waals surface area contributed by atoms with E-state index in [1.807, 2.05) is 30.5 Å². The largest absolute Gasteiger partial charge is 0.441 e. The summed E-state index contributed by atoms with van der Waals surface area (Å²) >= 11 is 1.51. The Labute approximate surface area is 102 Å². The molecule has 17 heavy (non-hydrogen) atoms. The molecule has 2 heterocycles. The molecule has 0 atom stereocenters. The van der Waals surface area contributed by atoms with Crippen LogP contribution in [0.1, 0.15) is 11.6 Å². The van der Waals surface area contributed by atoms with E-state index in [0.717, 1.165) is 21.7 Å². The fourth-order valence-corrected chi connectivity index (χ4v) is 2.50. The van der Waals surface area contributed by atoms with Gasteiger partial charge in [-0.3, -0.25) is 0 Å². The van der Waals surface area contributed by atoms with E-state index in [1.165, 1.54) is 11.3 Å². The van der Waals surface area contributed by atoms with Gasteiger partial charge in [0.1, 0.15) is 10.5 Å². The number of fused-ring (bicyclic) bond motifs is 1. The third kappa shape index (κ3) is 1.83. The van der Waals surface area contributed by atoms with Crippen LogP contribution in [0.2, 0.25) is 0 Å². The average Bonchev–Trinajstić information content (AvgIpc) is 2.92. The zero-order valence-corrected chi connectivity index (χ0v) is 9.99. The smallest absolute Gasteiger partial charge is 0.192 e. The Kier molecular flexibility index (Phi) is 2.42. The lowest BCUT2D eigenvalue weighted by molar-refractivity contribution is 0.278. The summed E-state index contributed by atoms with van der Waals surface area (Å²) in [5, 5.41) is 11.7. The first-order valence-corrected chi connectivity index (χ1v) is 6.07. The minimum Gasteiger partial charge on any atom is -0.441 e. The highest BCUT2D eigenvalue weighted by molar-refractivity contribution is 7.13. The standard InChI is InChI=1S/C12H10N2O2S/c1-7-13-10-4-8(2-3-11(10)16-7)12-14-9(5-15)6-17-12/h2-4,6,15H,5H2,1H3. The van der Waals surface area contributed by atoms with Crippen molar-refractivity contribution in [3.63, 3.8) is 0 Å². The monoisotopic (exact) mass is 246 g/mol. The van der Waals surface area contributed by atoms with Crippen molar-refractivity contribution in [3.05, 3.63) is 35.2 Å². The molecule has 0 fully saturated rings. The van der Waals surface area contributed by atoms with Crippen LogP contribution in [0.4, 0.5) is 0 Å². The molecule has 0 spiro atoms. The normalized spacial score (nSPS) is 11.2. The molecule has 2 aromatic heterocycles. The van der Waals surface area contributed by atoms with E-state index in [0.29, 0.717) is 11.6 Å². The second kappa shape index (κ2) is 3.94. The Morgan fingerprint density at radius 2 is 2.24 bits per heavy atom. The van der Waals surface area contributed by atoms with Gasteiger partial charge in [0.2, 0.25) is 0 Å². The summed E-state index contributed by atoms with van der Waals surface area (Å²) in [7, 11) is 0. The first-order chi connectivity index (χ1) is 8.26. The predicted molar refractivity (Wildman–Crippen MR) is 65.8 cm³/mol. The number of thiazole rings is 1. The molecule has 0 saturated carbocycles. The average molecular weight is 246 g/mol. The number of aromatic nitrogens is 2. The van der Waals surface area contributed by atoms with Crippen molar-refractivity contribution >= 4 is 22.4 Å². The number of hydrogen-bond donors (Lipinski definition) is 1. The van der Waals surface area contributed by atoms with E-state index in [1.54, 1.807) is 0 Å². The highest BCUT2D eigenvalue weighted by Gasteiger charge is 2.07. The van der Waals surface area contributed by atoms with E-state index in [-0.39, 0.29) is 6.61 Å². The van der Waals surface area contributed by atoms with E-state index in [9.17, 15) is 0 Å². The molecular weight excluding hydrogens is 236 g/mol. The van der Waals surface area contributed by atoms with E-state index in [2.05, 4.69) is 9.97 Å². The number of aliphatic hydroxyl groups excluding tert-OH is 1. The molecule has 0 bridgehead atoms. The second-order valence-corrected chi connectivity index (χ2v) is 4.58. The molecule has 86 valence electrons. The number of benzene rings is 1. The Morgan fingerprint density at radius 1 is 1.35 bits per heavy atom. The number of nitrogens with zero attached hydrogens (tertiary/aromatic N) is 2. The predicted octanol–water partition coefficient (Wildman–Crippen LogP) is 2.75. The molecule has 0 unspecified atom stereocenters. The fraction of sp³-hybridized carbons (Fsp3) is 0.167. The maximum absolute atomic E-state index is 8.99. The van der Waals surface area contributed by atoms with Gasteiger partial charge in [-0.05, 0) is 18.2 Å². The van der Waals surface area contributed by atoms with E-state index >= 15 is 0 Å². The van der Waals surface area contributed by atoms with Gasteiger partial charge >= 0.3 is 0 Å². The van der Waals surface area contributed by atoms with Crippen LogP contribution in [0.15, 0.2) is 28.0 Å². The molecule has 3 rings (SSSR count). The van der Waals surface area contributed by atoms with Gasteiger partial charge in [-0.1, -0.05) is 0 Å². The first kappa shape index (κ1) is 10.4. The van der Waals surface area contributed by atoms with Gasteiger partial charge in [0.05, 0.1) is 12.3 Å². The molecule has 0 aliphatic heterocycles. The van der Waals surface area contributed by atoms with Crippen molar-refractivity contribution in [2.45, 2.75) is 13.5 Å². The quantitative estimate of drug-likeness (QED) is 0.755. The van der Waals surface area contributed by atoms with Crippen LogP contribution in [0, 0.1) is 6.92 Å². The van der Waals surface area contributed by atoms with Gasteiger partial charge in [0.25, 0.3) is 0 Å². The van der Waals surface area contributed by atoms with Crippen molar-refractivity contribution < 1.29 is 9.52 Å². The van der Waals surface area contributed by atoms with Crippen LogP contribution in [-0.4, -0.2) is 15.1 Å². The minimum absolute atomic E-state index is 0.0260. The highest BCUT2D eigenvalue weighted by atomic mass is 32.1. The van der Waals surface area contributed by atoms with Crippen molar-refractivity contribution in [2.24, 2.45) is 0 Å². The van der Waals surface area contributed by atoms with Gasteiger partial charge < -0.3 is 9.52 Å². The Balaban J connectivity index is 2.10. The van der Waals surface area contributed by atoms with Crippen molar-refractivity contribution in [2.75, 3.05) is 0 Å². The van der Waals surface area contributed by atoms with Crippen LogP contribution < -0.4 is 0 Å². The number of aryl methyl sites for hydroxylation is 1. The van der Waals surface area contributed by atoms with Crippen LogP contribution in [0.25, 0.3) is 21.7 Å². The second-order valence-electron chi connectivity index (χ2n) is 3.72. The molecule has 3 aromatic rings. The van der Waals surface area contributed by atoms with Crippen LogP contribution >= 0.6 is 11.3 Å². The number of rotatable bonds is 2. The van der Waals surface area contributed by atoms with E-state index < -0.39 is 0 Å². The Bertz CT molecular complexity index is 672. The maximum atomic E-state index is 8.99. The molecule has 0 aliphatic rings. The van der Waals surface area contributed by atoms with Crippen molar-refractivity contribution in [3.8, 4) is 10.6 Å². The third-order valence-corrected chi connectivity index (χ3v) is 3.40. The van der Waals surface area contributed by atoms with Crippen LogP contribution in [0.3, 0.4) is 0 Å². The summed E-state index contributed by atoms with van der Waals surface area (Å²) in [4.78, 5) is 8.61. The number of oxazole rings is 1. The zero-order chi connectivity index (χ0) is 11.8. The molecule has 5 heteroatoms. The van der Waals surface area contributed by atoms with Gasteiger partial charge in [-0.2, -0.15) is 0 Å². The minimum atomic E-state index is -0.0260. The molecular formula is C12H10N2O2S. The van der Waals surface area contributed by atoms with Crippen LogP contribution in [0.5, 0.6) is 0 Å². The first-order valence-electron chi connectivity index (χ1n) is 5.19. The highest BCUT2D eigenvalue weighted by Crippen LogP contribution is 2.27. The van der Waals surface area contributed by atoms with E-state index in [4.69, 9.17) is 9.52 Å². The summed E-state index contributed by atoms with van der Waals surface area (Å²) in [5.74, 6) is 0.660. The lowest BCUT2D eigenvalue weighted by atomic mass is 10.2. The Hall–Kier alpha value is -1.72. The summed E-state index contributed by atoms with van der Waals surface area (Å²) in [6.45, 7) is 1.80. The molecule has 0 aliphatic carbocycles. The van der Waals surface area contributed by atoms with Crippen LogP contribution in [-0.2, 0) is 6.61 Å². The molecule has 1 N–H and O–H groups in total. The lowest BCUT2D eigenvalue weighted by Crippen LogP contribution is -1.82. The molecule has 0 radical (unpaired) electrons. The maximum Gasteiger partial charge on any atom is 0.192 e. The summed E-state index contributed by atoms with van der Waals surface area (Å²) in [6.07, 6.45) is 0. The van der Waals surface area contributed by atoms with Crippen molar-refractivity contribution in [1.82, 2.24) is 9.97 Å². The van der Waals surface area contributed by atoms with Crippen molar-refractivity contribution in [1.29, 1.82) is 0 Å². The Morgan fingerprint density at radius 3 is 3.00 bits per heavy atom. The molecule has 0 amide bonds. The fourth-order valence-electron chi connectivity index (χ4n) is 1.69. The lowest BCUT2D eigenvalue weighted by Gasteiger charge is -1.94. The zero-order valence-electron chi connectivity index (χ0n) is 9.17. The van der Waals surface area contributed by atoms with Gasteiger partial charge in [-0.15, -0.1) is 11.3 Å². The van der Waals surface area contributed by atoms with Gasteiger partial charge in [0.15, 0.2) is 11.5 Å². The van der Waals surface area contributed by atoms with Gasteiger partial charge in [-0.25, -0.2) is 9.97 Å². The topological polar surface area (TPSA) is 59.2 Å². The molecule has 4 nitrogen and oxygen atoms in total. The summed E-state index contributed by atoms with van der Waals surface area (Å²) in [5.41, 5.74) is 3.31. The number of hydrogen-bond acceptors (Lipinski definition) is 5. The number of aliphatic hydroxyl groups is 1. The molecule has 1 aromatic carbocycles. The SMILES string of the molecule is Cc1nc2cc(-c3nc(CO)cs3)ccc2o1. The third-order valence-electron chi connectivity index (χ3n) is 2.46.